The number of rotatable bonds is 7. The second kappa shape index (κ2) is 9.69. The van der Waals surface area contributed by atoms with Gasteiger partial charge in [-0.25, -0.2) is 13.4 Å². The van der Waals surface area contributed by atoms with Crippen molar-refractivity contribution in [2.24, 2.45) is 4.99 Å². The third kappa shape index (κ3) is 5.77. The normalized spacial score (nSPS) is 13.2. The minimum atomic E-state index is -3.31. The zero-order valence-electron chi connectivity index (χ0n) is 16.2. The number of carbonyl (C=O) groups is 1. The van der Waals surface area contributed by atoms with Crippen molar-refractivity contribution in [3.05, 3.63) is 48.0 Å². The van der Waals surface area contributed by atoms with E-state index in [1.807, 2.05) is 30.5 Å². The van der Waals surface area contributed by atoms with Crippen molar-refractivity contribution >= 4 is 50.0 Å². The third-order valence-electron chi connectivity index (χ3n) is 4.28. The maximum atomic E-state index is 12.1. The molecule has 1 heterocycles. The Morgan fingerprint density at radius 1 is 1.21 bits per heavy atom. The summed E-state index contributed by atoms with van der Waals surface area (Å²) in [6.07, 6.45) is 2.02. The number of ether oxygens (including phenoxy) is 1. The smallest absolute Gasteiger partial charge is 0.230 e. The number of aliphatic imine (C=N–C) groups is 1. The summed E-state index contributed by atoms with van der Waals surface area (Å²) >= 11 is 2.96. The van der Waals surface area contributed by atoms with Gasteiger partial charge in [0.1, 0.15) is 23.1 Å². The molecule has 2 aromatic carbocycles. The molecule has 0 aliphatic carbocycles. The van der Waals surface area contributed by atoms with Gasteiger partial charge >= 0.3 is 0 Å². The van der Waals surface area contributed by atoms with Gasteiger partial charge in [0.15, 0.2) is 9.84 Å². The van der Waals surface area contributed by atoms with E-state index < -0.39 is 9.84 Å². The first-order valence-electron chi connectivity index (χ1n) is 9.01. The van der Waals surface area contributed by atoms with Crippen LogP contribution in [0.25, 0.3) is 0 Å². The van der Waals surface area contributed by atoms with E-state index in [4.69, 9.17) is 4.74 Å². The fourth-order valence-corrected chi connectivity index (χ4v) is 4.60. The molecule has 3 rings (SSSR count). The van der Waals surface area contributed by atoms with Gasteiger partial charge in [0, 0.05) is 11.4 Å². The number of benzene rings is 2. The Morgan fingerprint density at radius 3 is 2.66 bits per heavy atom. The van der Waals surface area contributed by atoms with Crippen molar-refractivity contribution in [2.75, 3.05) is 24.4 Å². The minimum absolute atomic E-state index is 0.0259. The van der Waals surface area contributed by atoms with E-state index in [1.54, 1.807) is 24.8 Å². The first kappa shape index (κ1) is 21.7. The lowest BCUT2D eigenvalue weighted by Crippen LogP contribution is -2.26. The Balaban J connectivity index is 1.57. The highest BCUT2D eigenvalue weighted by molar-refractivity contribution is 8.14. The third-order valence-corrected chi connectivity index (χ3v) is 7.71. The Labute approximate surface area is 179 Å². The quantitative estimate of drug-likeness (QED) is 0.648. The lowest BCUT2D eigenvalue weighted by molar-refractivity contribution is -0.118. The van der Waals surface area contributed by atoms with E-state index in [1.165, 1.54) is 28.8 Å². The molecule has 0 radical (unpaired) electrons. The fourth-order valence-electron chi connectivity index (χ4n) is 2.59. The molecule has 1 aliphatic heterocycles. The van der Waals surface area contributed by atoms with Crippen LogP contribution in [-0.4, -0.2) is 43.7 Å². The van der Waals surface area contributed by atoms with Crippen LogP contribution in [0.5, 0.6) is 5.75 Å². The predicted molar refractivity (Wildman–Crippen MR) is 119 cm³/mol. The molecule has 0 unspecified atom stereocenters. The predicted octanol–water partition coefficient (Wildman–Crippen LogP) is 3.67. The molecule has 154 valence electrons. The SMILES string of the molecule is CCS(=O)(=O)c1ccc2c(c1)N=C(SCC(=O)NCc1ccc(SC)cc1)CO2. The molecule has 1 aliphatic rings. The van der Waals surface area contributed by atoms with Crippen molar-refractivity contribution in [2.45, 2.75) is 23.3 Å². The minimum Gasteiger partial charge on any atom is -0.484 e. The van der Waals surface area contributed by atoms with Crippen LogP contribution >= 0.6 is 23.5 Å². The second-order valence-electron chi connectivity index (χ2n) is 6.24. The Bertz CT molecular complexity index is 1020. The van der Waals surface area contributed by atoms with Gasteiger partial charge < -0.3 is 10.1 Å². The molecule has 0 fully saturated rings. The van der Waals surface area contributed by atoms with Crippen LogP contribution in [0.4, 0.5) is 5.69 Å². The molecular weight excluding hydrogens is 428 g/mol. The highest BCUT2D eigenvalue weighted by Gasteiger charge is 2.19. The molecule has 2 aromatic rings. The largest absolute Gasteiger partial charge is 0.484 e. The van der Waals surface area contributed by atoms with E-state index >= 15 is 0 Å². The highest BCUT2D eigenvalue weighted by Crippen LogP contribution is 2.34. The number of hydrogen-bond acceptors (Lipinski definition) is 7. The molecule has 6 nitrogen and oxygen atoms in total. The average molecular weight is 451 g/mol. The average Bonchev–Trinajstić information content (AvgIpc) is 2.76. The number of carbonyl (C=O) groups excluding carboxylic acids is 1. The number of nitrogens with one attached hydrogen (secondary N) is 1. The van der Waals surface area contributed by atoms with E-state index in [-0.39, 0.29) is 28.9 Å². The number of thioether (sulfide) groups is 2. The van der Waals surface area contributed by atoms with Crippen molar-refractivity contribution in [3.63, 3.8) is 0 Å². The summed E-state index contributed by atoms with van der Waals surface area (Å²) in [6.45, 7) is 2.34. The van der Waals surface area contributed by atoms with Crippen LogP contribution < -0.4 is 10.1 Å². The number of sulfone groups is 1. The van der Waals surface area contributed by atoms with Crippen molar-refractivity contribution in [1.82, 2.24) is 5.32 Å². The van der Waals surface area contributed by atoms with Gasteiger partial charge in [-0.05, 0) is 42.2 Å². The molecular formula is C20H22N2O4S3. The first-order valence-corrected chi connectivity index (χ1v) is 12.9. The summed E-state index contributed by atoms with van der Waals surface area (Å²) < 4.78 is 29.8. The lowest BCUT2D eigenvalue weighted by Gasteiger charge is -2.17. The molecule has 0 bridgehead atoms. The Kier molecular flexibility index (Phi) is 7.26. The first-order chi connectivity index (χ1) is 13.9. The van der Waals surface area contributed by atoms with E-state index in [0.29, 0.717) is 23.0 Å². The Hall–Kier alpha value is -1.97. The van der Waals surface area contributed by atoms with Crippen molar-refractivity contribution < 1.29 is 17.9 Å². The molecule has 0 atom stereocenters. The monoisotopic (exact) mass is 450 g/mol. The van der Waals surface area contributed by atoms with Crippen LogP contribution in [-0.2, 0) is 21.2 Å². The number of hydrogen-bond donors (Lipinski definition) is 1. The van der Waals surface area contributed by atoms with Crippen LogP contribution in [0.15, 0.2) is 57.2 Å². The summed E-state index contributed by atoms with van der Waals surface area (Å²) in [5, 5.41) is 3.53. The number of amides is 1. The molecule has 1 amide bonds. The molecule has 0 saturated carbocycles. The van der Waals surface area contributed by atoms with Gasteiger partial charge in [0.2, 0.25) is 5.91 Å². The maximum absolute atomic E-state index is 12.1. The van der Waals surface area contributed by atoms with Gasteiger partial charge in [-0.2, -0.15) is 0 Å². The summed E-state index contributed by atoms with van der Waals surface area (Å²) in [4.78, 5) is 18.0. The van der Waals surface area contributed by atoms with Crippen LogP contribution in [0.3, 0.4) is 0 Å². The maximum Gasteiger partial charge on any atom is 0.230 e. The lowest BCUT2D eigenvalue weighted by atomic mass is 10.2. The summed E-state index contributed by atoms with van der Waals surface area (Å²) in [5.41, 5.74) is 1.51. The van der Waals surface area contributed by atoms with Gasteiger partial charge in [0.25, 0.3) is 0 Å². The molecule has 9 heteroatoms. The molecule has 29 heavy (non-hydrogen) atoms. The van der Waals surface area contributed by atoms with Crippen LogP contribution in [0.2, 0.25) is 0 Å². The molecule has 0 saturated heterocycles. The molecule has 0 spiro atoms. The molecule has 0 aromatic heterocycles. The fraction of sp³-hybridized carbons (Fsp3) is 0.300. The molecule has 1 N–H and O–H groups in total. The zero-order valence-corrected chi connectivity index (χ0v) is 18.6. The Morgan fingerprint density at radius 2 is 1.97 bits per heavy atom. The summed E-state index contributed by atoms with van der Waals surface area (Å²) in [5.74, 6) is 0.688. The van der Waals surface area contributed by atoms with Crippen LogP contribution in [0, 0.1) is 0 Å². The topological polar surface area (TPSA) is 84.8 Å². The van der Waals surface area contributed by atoms with Gasteiger partial charge in [0.05, 0.1) is 16.4 Å². The van der Waals surface area contributed by atoms with Gasteiger partial charge in [-0.15, -0.1) is 11.8 Å². The van der Waals surface area contributed by atoms with Crippen molar-refractivity contribution in [3.8, 4) is 5.75 Å². The van der Waals surface area contributed by atoms with Crippen LogP contribution in [0.1, 0.15) is 12.5 Å². The van der Waals surface area contributed by atoms with Crippen molar-refractivity contribution in [1.29, 1.82) is 0 Å². The second-order valence-corrected chi connectivity index (χ2v) is 10.4. The summed E-state index contributed by atoms with van der Waals surface area (Å²) in [6, 6.07) is 12.7. The highest BCUT2D eigenvalue weighted by atomic mass is 32.2. The number of fused-ring (bicyclic) bond motifs is 1. The zero-order chi connectivity index (χ0) is 20.9. The standard InChI is InChI=1S/C20H22N2O4S3/c1-3-29(24,25)16-8-9-18-17(10-16)22-20(12-26-18)28-13-19(23)21-11-14-4-6-15(27-2)7-5-14/h4-10H,3,11-13H2,1-2H3,(H,21,23). The van der Waals surface area contributed by atoms with E-state index in [2.05, 4.69) is 10.3 Å². The van der Waals surface area contributed by atoms with Gasteiger partial charge in [-0.1, -0.05) is 30.8 Å². The number of nitrogens with zero attached hydrogens (tertiary/aromatic N) is 1. The van der Waals surface area contributed by atoms with E-state index in [0.717, 1.165) is 5.56 Å². The van der Waals surface area contributed by atoms with E-state index in [9.17, 15) is 13.2 Å². The van der Waals surface area contributed by atoms with Gasteiger partial charge in [-0.3, -0.25) is 4.79 Å². The summed E-state index contributed by atoms with van der Waals surface area (Å²) in [7, 11) is -3.31.